The van der Waals surface area contributed by atoms with Gasteiger partial charge >= 0.3 is 6.18 Å². The van der Waals surface area contributed by atoms with Crippen molar-refractivity contribution in [1.82, 2.24) is 10.2 Å². The third kappa shape index (κ3) is 4.01. The molecule has 0 fully saturated rings. The van der Waals surface area contributed by atoms with Crippen LogP contribution >= 0.6 is 0 Å². The van der Waals surface area contributed by atoms with Crippen LogP contribution in [0.3, 0.4) is 0 Å². The fourth-order valence-corrected chi connectivity index (χ4v) is 3.62. The van der Waals surface area contributed by atoms with E-state index in [-0.39, 0.29) is 4.90 Å². The molecule has 6 nitrogen and oxygen atoms in total. The Labute approximate surface area is 161 Å². The molecule has 0 aliphatic heterocycles. The van der Waals surface area contributed by atoms with Gasteiger partial charge in [0.1, 0.15) is 5.69 Å². The second-order valence-electron chi connectivity index (χ2n) is 5.71. The van der Waals surface area contributed by atoms with E-state index in [0.29, 0.717) is 12.1 Å². The van der Waals surface area contributed by atoms with E-state index in [1.807, 2.05) is 4.72 Å². The quantitative estimate of drug-likeness (QED) is 0.592. The van der Waals surface area contributed by atoms with Crippen LogP contribution in [0.1, 0.15) is 5.69 Å². The Hall–Kier alpha value is -3.15. The lowest BCUT2D eigenvalue weighted by molar-refractivity contribution is -0.140. The number of H-pyrrole nitrogens is 1. The fourth-order valence-electron chi connectivity index (χ4n) is 2.59. The first-order chi connectivity index (χ1) is 13.5. The number of alkyl halides is 3. The number of anilines is 1. The number of ether oxygens (including phenoxy) is 1. The van der Waals surface area contributed by atoms with Crippen molar-refractivity contribution >= 4 is 15.8 Å². The van der Waals surface area contributed by atoms with Crippen LogP contribution in [0, 0.1) is 11.6 Å². The molecular formula is C17H12F5N3O3S. The smallest absolute Gasteiger partial charge is 0.433 e. The van der Waals surface area contributed by atoms with Crippen molar-refractivity contribution in [3.8, 4) is 16.9 Å². The summed E-state index contributed by atoms with van der Waals surface area (Å²) >= 11 is 0. The standard InChI is InChI=1S/C17H12F5N3O3S/c1-28-14-11(18)7-9(8-12(14)19)13-15(17(20,21)22)23-24-16(13)25-29(26,27)10-5-3-2-4-6-10/h2-8H,1H3,(H2,23,24,25). The highest BCUT2D eigenvalue weighted by atomic mass is 32.2. The van der Waals surface area contributed by atoms with Crippen LogP contribution in [0.4, 0.5) is 27.8 Å². The number of nitrogens with one attached hydrogen (secondary N) is 2. The first-order valence-corrected chi connectivity index (χ1v) is 9.29. The molecule has 3 aromatic rings. The number of hydrogen-bond donors (Lipinski definition) is 2. The van der Waals surface area contributed by atoms with Gasteiger partial charge in [0.25, 0.3) is 10.0 Å². The van der Waals surface area contributed by atoms with Crippen LogP contribution in [-0.4, -0.2) is 25.7 Å². The lowest BCUT2D eigenvalue weighted by Crippen LogP contribution is -2.14. The molecule has 2 N–H and O–H groups in total. The molecule has 1 heterocycles. The lowest BCUT2D eigenvalue weighted by atomic mass is 10.0. The van der Waals surface area contributed by atoms with Crippen molar-refractivity contribution < 1.29 is 35.1 Å². The molecule has 0 amide bonds. The van der Waals surface area contributed by atoms with Crippen molar-refractivity contribution in [2.45, 2.75) is 11.1 Å². The number of aromatic nitrogens is 2. The summed E-state index contributed by atoms with van der Waals surface area (Å²) in [6, 6.07) is 7.97. The number of hydrogen-bond acceptors (Lipinski definition) is 4. The Morgan fingerprint density at radius 2 is 1.66 bits per heavy atom. The monoisotopic (exact) mass is 433 g/mol. The van der Waals surface area contributed by atoms with Crippen LogP contribution in [0.15, 0.2) is 47.4 Å². The molecule has 0 unspecified atom stereocenters. The number of methoxy groups -OCH3 is 1. The number of rotatable bonds is 5. The van der Waals surface area contributed by atoms with Gasteiger partial charge in [0.15, 0.2) is 23.2 Å². The molecule has 154 valence electrons. The van der Waals surface area contributed by atoms with E-state index in [9.17, 15) is 30.4 Å². The second-order valence-corrected chi connectivity index (χ2v) is 7.39. The summed E-state index contributed by atoms with van der Waals surface area (Å²) in [4.78, 5) is -0.241. The van der Waals surface area contributed by atoms with Crippen molar-refractivity contribution in [3.05, 3.63) is 59.8 Å². The number of nitrogens with zero attached hydrogens (tertiary/aromatic N) is 1. The molecule has 0 saturated carbocycles. The Kier molecular flexibility index (Phi) is 5.22. The van der Waals surface area contributed by atoms with E-state index in [1.54, 1.807) is 11.2 Å². The summed E-state index contributed by atoms with van der Waals surface area (Å²) in [6.45, 7) is 0. The molecule has 3 rings (SSSR count). The first-order valence-electron chi connectivity index (χ1n) is 7.81. The van der Waals surface area contributed by atoms with Gasteiger partial charge in [0.05, 0.1) is 17.6 Å². The average Bonchev–Trinajstić information content (AvgIpc) is 3.05. The van der Waals surface area contributed by atoms with Gasteiger partial charge in [-0.3, -0.25) is 9.82 Å². The molecule has 0 radical (unpaired) electrons. The summed E-state index contributed by atoms with van der Waals surface area (Å²) in [6.07, 6.45) is -5.01. The van der Waals surface area contributed by atoms with Crippen molar-refractivity contribution in [1.29, 1.82) is 0 Å². The van der Waals surface area contributed by atoms with Crippen LogP contribution < -0.4 is 9.46 Å². The van der Waals surface area contributed by atoms with Crippen LogP contribution in [0.25, 0.3) is 11.1 Å². The largest absolute Gasteiger partial charge is 0.491 e. The topological polar surface area (TPSA) is 84.1 Å². The van der Waals surface area contributed by atoms with Crippen molar-refractivity contribution in [2.75, 3.05) is 11.8 Å². The maximum Gasteiger partial charge on any atom is 0.433 e. The highest BCUT2D eigenvalue weighted by Gasteiger charge is 2.39. The minimum atomic E-state index is -5.01. The molecule has 0 aliphatic rings. The van der Waals surface area contributed by atoms with Gasteiger partial charge < -0.3 is 4.74 Å². The van der Waals surface area contributed by atoms with Gasteiger partial charge in [-0.05, 0) is 29.8 Å². The Morgan fingerprint density at radius 3 is 2.17 bits per heavy atom. The summed E-state index contributed by atoms with van der Waals surface area (Å²) in [5, 5.41) is 5.04. The Balaban J connectivity index is 2.18. The fraction of sp³-hybridized carbons (Fsp3) is 0.118. The zero-order valence-electron chi connectivity index (χ0n) is 14.5. The van der Waals surface area contributed by atoms with Crippen LogP contribution in [0.5, 0.6) is 5.75 Å². The first kappa shape index (κ1) is 20.6. The zero-order chi connectivity index (χ0) is 21.4. The maximum absolute atomic E-state index is 14.1. The summed E-state index contributed by atoms with van der Waals surface area (Å²) < 4.78 is 99.6. The lowest BCUT2D eigenvalue weighted by Gasteiger charge is -2.12. The maximum atomic E-state index is 14.1. The van der Waals surface area contributed by atoms with E-state index in [4.69, 9.17) is 0 Å². The molecule has 0 aliphatic carbocycles. The van der Waals surface area contributed by atoms with Gasteiger partial charge in [0, 0.05) is 0 Å². The molecule has 1 aromatic heterocycles. The summed E-state index contributed by atoms with van der Waals surface area (Å²) in [7, 11) is -3.34. The van der Waals surface area contributed by atoms with Crippen LogP contribution in [-0.2, 0) is 16.2 Å². The predicted octanol–water partition coefficient (Wildman–Crippen LogP) is 4.18. The molecule has 2 aromatic carbocycles. The van der Waals surface area contributed by atoms with Gasteiger partial charge in [-0.2, -0.15) is 18.3 Å². The van der Waals surface area contributed by atoms with E-state index >= 15 is 0 Å². The zero-order valence-corrected chi connectivity index (χ0v) is 15.3. The van der Waals surface area contributed by atoms with E-state index in [0.717, 1.165) is 7.11 Å². The second kappa shape index (κ2) is 7.35. The van der Waals surface area contributed by atoms with Crippen molar-refractivity contribution in [2.24, 2.45) is 0 Å². The Bertz CT molecular complexity index is 1120. The SMILES string of the molecule is COc1c(F)cc(-c2c(NS(=O)(=O)c3ccccc3)n[nH]c2C(F)(F)F)cc1F. The summed E-state index contributed by atoms with van der Waals surface area (Å²) in [5.41, 5.74) is -2.93. The summed E-state index contributed by atoms with van der Waals surface area (Å²) in [5.74, 6) is -4.11. The number of benzene rings is 2. The minimum Gasteiger partial charge on any atom is -0.491 e. The van der Waals surface area contributed by atoms with Gasteiger partial charge in [-0.25, -0.2) is 17.2 Å². The van der Waals surface area contributed by atoms with Gasteiger partial charge in [0.2, 0.25) is 0 Å². The highest BCUT2D eigenvalue weighted by Crippen LogP contribution is 2.41. The molecule has 0 bridgehead atoms. The van der Waals surface area contributed by atoms with Crippen LogP contribution in [0.2, 0.25) is 0 Å². The average molecular weight is 433 g/mol. The van der Waals surface area contributed by atoms with E-state index < -0.39 is 56.2 Å². The third-order valence-corrected chi connectivity index (χ3v) is 5.18. The molecule has 0 spiro atoms. The third-order valence-electron chi connectivity index (χ3n) is 3.83. The van der Waals surface area contributed by atoms with Gasteiger partial charge in [-0.1, -0.05) is 18.2 Å². The van der Waals surface area contributed by atoms with E-state index in [1.165, 1.54) is 24.3 Å². The molecule has 29 heavy (non-hydrogen) atoms. The highest BCUT2D eigenvalue weighted by molar-refractivity contribution is 7.92. The minimum absolute atomic E-state index is 0.241. The molecule has 0 atom stereocenters. The Morgan fingerprint density at radius 1 is 1.07 bits per heavy atom. The van der Waals surface area contributed by atoms with E-state index in [2.05, 4.69) is 9.84 Å². The molecular weight excluding hydrogens is 421 g/mol. The predicted molar refractivity (Wildman–Crippen MR) is 92.7 cm³/mol. The molecule has 12 heteroatoms. The number of sulfonamides is 1. The number of aromatic amines is 1. The normalized spacial score (nSPS) is 12.1. The van der Waals surface area contributed by atoms with Gasteiger partial charge in [-0.15, -0.1) is 0 Å². The molecule has 0 saturated heterocycles. The van der Waals surface area contributed by atoms with Crippen molar-refractivity contribution in [3.63, 3.8) is 0 Å². The number of halogens is 5.